The van der Waals surface area contributed by atoms with Crippen LogP contribution in [0, 0.1) is 6.92 Å². The summed E-state index contributed by atoms with van der Waals surface area (Å²) in [6.07, 6.45) is 1.87. The zero-order valence-corrected chi connectivity index (χ0v) is 15.3. The third-order valence-electron chi connectivity index (χ3n) is 4.23. The van der Waals surface area contributed by atoms with Crippen molar-refractivity contribution in [2.45, 2.75) is 33.6 Å². The van der Waals surface area contributed by atoms with E-state index in [9.17, 15) is 14.7 Å². The van der Waals surface area contributed by atoms with Crippen LogP contribution in [0.4, 0.5) is 5.69 Å². The topological polar surface area (TPSA) is 114 Å². The Balaban J connectivity index is 1.91. The van der Waals surface area contributed by atoms with Crippen LogP contribution in [0.15, 0.2) is 28.1 Å². The summed E-state index contributed by atoms with van der Waals surface area (Å²) in [7, 11) is 0. The highest BCUT2D eigenvalue weighted by molar-refractivity contribution is 5.86. The van der Waals surface area contributed by atoms with Crippen LogP contribution in [0.1, 0.15) is 37.1 Å². The molecule has 2 aromatic rings. The predicted octanol–water partition coefficient (Wildman–Crippen LogP) is 1.65. The summed E-state index contributed by atoms with van der Waals surface area (Å²) in [5, 5.41) is 19.2. The van der Waals surface area contributed by atoms with Crippen LogP contribution < -0.4 is 15.9 Å². The van der Waals surface area contributed by atoms with E-state index in [2.05, 4.69) is 25.6 Å². The lowest BCUT2D eigenvalue weighted by atomic mass is 10.1. The summed E-state index contributed by atoms with van der Waals surface area (Å²) >= 11 is 0. The van der Waals surface area contributed by atoms with E-state index in [1.165, 1.54) is 6.21 Å². The maximum Gasteiger partial charge on any atom is 0.267 e. The van der Waals surface area contributed by atoms with Gasteiger partial charge in [-0.05, 0) is 39.3 Å². The lowest BCUT2D eigenvalue weighted by Crippen LogP contribution is -2.21. The average Bonchev–Trinajstić information content (AvgIpc) is 2.94. The lowest BCUT2D eigenvalue weighted by Gasteiger charge is -2.21. The van der Waals surface area contributed by atoms with E-state index in [0.717, 1.165) is 24.5 Å². The molecule has 8 heteroatoms. The van der Waals surface area contributed by atoms with Gasteiger partial charge in [-0.15, -0.1) is 0 Å². The van der Waals surface area contributed by atoms with E-state index >= 15 is 0 Å². The van der Waals surface area contributed by atoms with E-state index < -0.39 is 0 Å². The fraction of sp³-hybridized carbons (Fsp3) is 0.389. The summed E-state index contributed by atoms with van der Waals surface area (Å²) in [6.45, 7) is 7.57. The molecule has 0 unspecified atom stereocenters. The molecule has 0 saturated carbocycles. The number of H-pyrrole nitrogens is 2. The van der Waals surface area contributed by atoms with Crippen LogP contribution in [-0.2, 0) is 11.2 Å². The zero-order chi connectivity index (χ0) is 19.1. The summed E-state index contributed by atoms with van der Waals surface area (Å²) in [5.41, 5.74) is 4.93. The largest absolute Gasteiger partial charge is 0.507 e. The van der Waals surface area contributed by atoms with Crippen molar-refractivity contribution in [1.29, 1.82) is 0 Å². The van der Waals surface area contributed by atoms with E-state index in [4.69, 9.17) is 0 Å². The molecule has 0 aliphatic heterocycles. The number of carbonyl (C=O) groups is 1. The molecule has 0 bridgehead atoms. The minimum absolute atomic E-state index is 0.0990. The van der Waals surface area contributed by atoms with Gasteiger partial charge in [0.05, 0.1) is 6.21 Å². The Morgan fingerprint density at radius 3 is 2.62 bits per heavy atom. The molecule has 140 valence electrons. The number of phenolic OH excluding ortho intramolecular Hbond substituents is 1. The number of carbonyl (C=O) groups excluding carboxylic acids is 1. The monoisotopic (exact) mass is 359 g/mol. The Morgan fingerprint density at radius 1 is 1.31 bits per heavy atom. The number of anilines is 1. The first-order valence-corrected chi connectivity index (χ1v) is 8.62. The Labute approximate surface area is 151 Å². The highest BCUT2D eigenvalue weighted by Crippen LogP contribution is 2.23. The highest BCUT2D eigenvalue weighted by atomic mass is 16.3. The number of rotatable bonds is 8. The fourth-order valence-electron chi connectivity index (χ4n) is 2.67. The molecule has 0 radical (unpaired) electrons. The van der Waals surface area contributed by atoms with Gasteiger partial charge < -0.3 is 15.1 Å². The van der Waals surface area contributed by atoms with Crippen molar-refractivity contribution >= 4 is 17.8 Å². The summed E-state index contributed by atoms with van der Waals surface area (Å²) < 4.78 is 0. The van der Waals surface area contributed by atoms with Crippen molar-refractivity contribution in [1.82, 2.24) is 15.6 Å². The number of nitrogens with one attached hydrogen (secondary N) is 3. The van der Waals surface area contributed by atoms with Crippen molar-refractivity contribution in [3.05, 3.63) is 45.4 Å². The molecule has 0 atom stereocenters. The Morgan fingerprint density at radius 2 is 2.04 bits per heavy atom. The van der Waals surface area contributed by atoms with Gasteiger partial charge in [-0.25, -0.2) is 5.43 Å². The summed E-state index contributed by atoms with van der Waals surface area (Å²) in [6, 6.07) is 5.33. The molecule has 8 nitrogen and oxygen atoms in total. The molecule has 0 aliphatic carbocycles. The van der Waals surface area contributed by atoms with Crippen LogP contribution in [0.2, 0.25) is 0 Å². The van der Waals surface area contributed by atoms with Gasteiger partial charge in [-0.2, -0.15) is 5.10 Å². The van der Waals surface area contributed by atoms with E-state index in [-0.39, 0.29) is 23.6 Å². The minimum Gasteiger partial charge on any atom is -0.507 e. The van der Waals surface area contributed by atoms with Gasteiger partial charge in [0.15, 0.2) is 0 Å². The third-order valence-corrected chi connectivity index (χ3v) is 4.23. The number of phenols is 1. The first kappa shape index (κ1) is 19.3. The number of hydrogen-bond donors (Lipinski definition) is 4. The first-order chi connectivity index (χ1) is 12.5. The minimum atomic E-state index is -0.305. The number of aryl methyl sites for hydroxylation is 1. The number of benzene rings is 1. The van der Waals surface area contributed by atoms with Gasteiger partial charge in [0, 0.05) is 48.1 Å². The molecule has 0 aliphatic rings. The maximum atomic E-state index is 11.8. The Bertz CT molecular complexity index is 834. The number of nitrogens with zero attached hydrogens (tertiary/aromatic N) is 2. The van der Waals surface area contributed by atoms with Gasteiger partial charge in [-0.3, -0.25) is 14.7 Å². The van der Waals surface area contributed by atoms with E-state index in [1.807, 2.05) is 19.9 Å². The second-order valence-electron chi connectivity index (χ2n) is 5.89. The molecule has 26 heavy (non-hydrogen) atoms. The predicted molar refractivity (Wildman–Crippen MR) is 102 cm³/mol. The molecular formula is C18H25N5O3. The molecule has 1 amide bonds. The second kappa shape index (κ2) is 8.89. The van der Waals surface area contributed by atoms with Crippen LogP contribution >= 0.6 is 0 Å². The van der Waals surface area contributed by atoms with Crippen molar-refractivity contribution in [3.8, 4) is 5.75 Å². The van der Waals surface area contributed by atoms with Crippen LogP contribution in [0.3, 0.4) is 0 Å². The number of hydrogen-bond acceptors (Lipinski definition) is 5. The molecule has 1 heterocycles. The maximum absolute atomic E-state index is 11.8. The van der Waals surface area contributed by atoms with Crippen LogP contribution in [-0.4, -0.2) is 40.5 Å². The number of amides is 1. The smallest absolute Gasteiger partial charge is 0.267 e. The van der Waals surface area contributed by atoms with Crippen molar-refractivity contribution < 1.29 is 9.90 Å². The normalized spacial score (nSPS) is 11.0. The molecule has 1 aromatic heterocycles. The van der Waals surface area contributed by atoms with E-state index in [0.29, 0.717) is 17.5 Å². The van der Waals surface area contributed by atoms with Gasteiger partial charge in [-0.1, -0.05) is 0 Å². The molecule has 1 aromatic carbocycles. The van der Waals surface area contributed by atoms with E-state index in [1.54, 1.807) is 19.1 Å². The summed E-state index contributed by atoms with van der Waals surface area (Å²) in [5.74, 6) is -0.206. The standard InChI is InChI=1S/C18H25N5O3/c1-4-23(5-2)14-7-6-13(16(24)10-14)11-19-21-17(25)9-8-15-12(3)20-22-18(15)26/h6-7,10-11,24H,4-5,8-9H2,1-3H3,(H,21,25)(H2,20,22,26). The Hall–Kier alpha value is -3.03. The van der Waals surface area contributed by atoms with Gasteiger partial charge >= 0.3 is 0 Å². The quantitative estimate of drug-likeness (QED) is 0.424. The van der Waals surface area contributed by atoms with Crippen molar-refractivity contribution in [2.24, 2.45) is 5.10 Å². The molecule has 0 spiro atoms. The van der Waals surface area contributed by atoms with Crippen molar-refractivity contribution in [2.75, 3.05) is 18.0 Å². The SMILES string of the molecule is CCN(CC)c1ccc(C=NNC(=O)CCc2c(C)[nH][nH]c2=O)c(O)c1. The number of aromatic nitrogens is 2. The number of aromatic hydroxyl groups is 1. The number of hydrazone groups is 1. The van der Waals surface area contributed by atoms with Gasteiger partial charge in [0.1, 0.15) is 5.75 Å². The lowest BCUT2D eigenvalue weighted by molar-refractivity contribution is -0.121. The zero-order valence-electron chi connectivity index (χ0n) is 15.3. The van der Waals surface area contributed by atoms with Crippen molar-refractivity contribution in [3.63, 3.8) is 0 Å². The third kappa shape index (κ3) is 4.75. The molecule has 0 saturated heterocycles. The van der Waals surface area contributed by atoms with Gasteiger partial charge in [0.25, 0.3) is 5.56 Å². The first-order valence-electron chi connectivity index (χ1n) is 8.62. The van der Waals surface area contributed by atoms with Gasteiger partial charge in [0.2, 0.25) is 5.91 Å². The summed E-state index contributed by atoms with van der Waals surface area (Å²) in [4.78, 5) is 25.5. The molecule has 4 N–H and O–H groups in total. The molecular weight excluding hydrogens is 334 g/mol. The Kier molecular flexibility index (Phi) is 6.60. The highest BCUT2D eigenvalue weighted by Gasteiger charge is 2.09. The van der Waals surface area contributed by atoms with Crippen LogP contribution in [0.25, 0.3) is 0 Å². The molecule has 0 fully saturated rings. The average molecular weight is 359 g/mol. The fourth-order valence-corrected chi connectivity index (χ4v) is 2.67. The second-order valence-corrected chi connectivity index (χ2v) is 5.89. The number of aromatic amines is 2. The molecule has 2 rings (SSSR count). The van der Waals surface area contributed by atoms with Crippen LogP contribution in [0.5, 0.6) is 5.75 Å².